The Balaban J connectivity index is 1.88. The SMILES string of the molecule is COc1ncccc1NCC1CCNCC1. The highest BCUT2D eigenvalue weighted by Crippen LogP contribution is 2.21. The molecule has 2 N–H and O–H groups in total. The Morgan fingerprint density at radius 2 is 2.31 bits per heavy atom. The first kappa shape index (κ1) is 11.2. The van der Waals surface area contributed by atoms with Crippen molar-refractivity contribution in [1.82, 2.24) is 10.3 Å². The summed E-state index contributed by atoms with van der Waals surface area (Å²) in [6, 6.07) is 3.93. The number of piperidine rings is 1. The molecule has 0 aliphatic carbocycles. The number of nitrogens with one attached hydrogen (secondary N) is 2. The van der Waals surface area contributed by atoms with Crippen LogP contribution in [0.15, 0.2) is 18.3 Å². The van der Waals surface area contributed by atoms with Gasteiger partial charge in [0.1, 0.15) is 0 Å². The van der Waals surface area contributed by atoms with Crippen molar-refractivity contribution >= 4 is 5.69 Å². The van der Waals surface area contributed by atoms with Crippen LogP contribution in [-0.4, -0.2) is 31.7 Å². The summed E-state index contributed by atoms with van der Waals surface area (Å²) in [5.74, 6) is 1.43. The van der Waals surface area contributed by atoms with E-state index >= 15 is 0 Å². The number of hydrogen-bond donors (Lipinski definition) is 2. The molecule has 0 amide bonds. The molecule has 1 aliphatic heterocycles. The minimum Gasteiger partial charge on any atom is -0.480 e. The summed E-state index contributed by atoms with van der Waals surface area (Å²) in [7, 11) is 1.65. The van der Waals surface area contributed by atoms with E-state index in [0.717, 1.165) is 31.2 Å². The molecule has 4 nitrogen and oxygen atoms in total. The average Bonchev–Trinajstić information content (AvgIpc) is 2.38. The van der Waals surface area contributed by atoms with E-state index in [0.29, 0.717) is 5.88 Å². The van der Waals surface area contributed by atoms with Crippen LogP contribution in [0.3, 0.4) is 0 Å². The van der Waals surface area contributed by atoms with Crippen LogP contribution < -0.4 is 15.4 Å². The molecular weight excluding hydrogens is 202 g/mol. The van der Waals surface area contributed by atoms with Crippen LogP contribution in [0.25, 0.3) is 0 Å². The van der Waals surface area contributed by atoms with Gasteiger partial charge in [0.25, 0.3) is 0 Å². The topological polar surface area (TPSA) is 46.2 Å². The Morgan fingerprint density at radius 1 is 1.50 bits per heavy atom. The lowest BCUT2D eigenvalue weighted by Gasteiger charge is -2.23. The summed E-state index contributed by atoms with van der Waals surface area (Å²) >= 11 is 0. The van der Waals surface area contributed by atoms with Gasteiger partial charge in [-0.2, -0.15) is 0 Å². The van der Waals surface area contributed by atoms with Gasteiger partial charge in [-0.1, -0.05) is 0 Å². The first-order valence-electron chi connectivity index (χ1n) is 5.83. The van der Waals surface area contributed by atoms with E-state index in [-0.39, 0.29) is 0 Å². The smallest absolute Gasteiger partial charge is 0.237 e. The molecule has 2 heterocycles. The summed E-state index contributed by atoms with van der Waals surface area (Å²) in [6.45, 7) is 3.27. The molecule has 0 bridgehead atoms. The number of anilines is 1. The number of rotatable bonds is 4. The molecule has 1 aliphatic rings. The van der Waals surface area contributed by atoms with Crippen molar-refractivity contribution in [3.8, 4) is 5.88 Å². The van der Waals surface area contributed by atoms with E-state index in [1.54, 1.807) is 13.3 Å². The largest absolute Gasteiger partial charge is 0.480 e. The second kappa shape index (κ2) is 5.70. The molecule has 0 atom stereocenters. The molecule has 1 aromatic heterocycles. The second-order valence-electron chi connectivity index (χ2n) is 4.13. The molecule has 0 saturated carbocycles. The number of hydrogen-bond acceptors (Lipinski definition) is 4. The van der Waals surface area contributed by atoms with Crippen LogP contribution in [0.1, 0.15) is 12.8 Å². The molecule has 0 aromatic carbocycles. The van der Waals surface area contributed by atoms with Gasteiger partial charge in [-0.05, 0) is 44.0 Å². The Hall–Kier alpha value is -1.29. The van der Waals surface area contributed by atoms with Crippen molar-refractivity contribution in [2.24, 2.45) is 5.92 Å². The van der Waals surface area contributed by atoms with Crippen LogP contribution in [0.2, 0.25) is 0 Å². The molecule has 16 heavy (non-hydrogen) atoms. The van der Waals surface area contributed by atoms with E-state index < -0.39 is 0 Å². The average molecular weight is 221 g/mol. The third-order valence-electron chi connectivity index (χ3n) is 3.00. The van der Waals surface area contributed by atoms with E-state index in [2.05, 4.69) is 15.6 Å². The Labute approximate surface area is 96.4 Å². The minimum absolute atomic E-state index is 0.677. The summed E-state index contributed by atoms with van der Waals surface area (Å²) < 4.78 is 5.20. The molecule has 0 spiro atoms. The predicted molar refractivity (Wildman–Crippen MR) is 64.9 cm³/mol. The number of pyridine rings is 1. The van der Waals surface area contributed by atoms with Gasteiger partial charge >= 0.3 is 0 Å². The van der Waals surface area contributed by atoms with E-state index in [9.17, 15) is 0 Å². The fraction of sp³-hybridized carbons (Fsp3) is 0.583. The summed E-state index contributed by atoms with van der Waals surface area (Å²) in [4.78, 5) is 4.16. The molecule has 0 unspecified atom stereocenters. The van der Waals surface area contributed by atoms with Crippen molar-refractivity contribution in [2.75, 3.05) is 32.1 Å². The summed E-state index contributed by atoms with van der Waals surface area (Å²) in [5.41, 5.74) is 0.989. The molecular formula is C12H19N3O. The molecule has 4 heteroatoms. The second-order valence-corrected chi connectivity index (χ2v) is 4.13. The highest BCUT2D eigenvalue weighted by molar-refractivity contribution is 5.51. The van der Waals surface area contributed by atoms with Crippen LogP contribution >= 0.6 is 0 Å². The van der Waals surface area contributed by atoms with Gasteiger partial charge in [0.15, 0.2) is 0 Å². The fourth-order valence-corrected chi connectivity index (χ4v) is 2.03. The Kier molecular flexibility index (Phi) is 3.99. The standard InChI is InChI=1S/C12H19N3O/c1-16-12-11(3-2-6-14-12)15-9-10-4-7-13-8-5-10/h2-3,6,10,13,15H,4-5,7-9H2,1H3. The van der Waals surface area contributed by atoms with Crippen molar-refractivity contribution in [3.05, 3.63) is 18.3 Å². The Bertz CT molecular complexity index is 324. The monoisotopic (exact) mass is 221 g/mol. The molecule has 2 rings (SSSR count). The molecule has 1 fully saturated rings. The predicted octanol–water partition coefficient (Wildman–Crippen LogP) is 1.50. The summed E-state index contributed by atoms with van der Waals surface area (Å²) in [6.07, 6.45) is 4.24. The van der Waals surface area contributed by atoms with Crippen LogP contribution in [-0.2, 0) is 0 Å². The molecule has 1 aromatic rings. The van der Waals surface area contributed by atoms with E-state index in [4.69, 9.17) is 4.74 Å². The molecule has 88 valence electrons. The van der Waals surface area contributed by atoms with E-state index in [1.807, 2.05) is 12.1 Å². The number of nitrogens with zero attached hydrogens (tertiary/aromatic N) is 1. The van der Waals surface area contributed by atoms with Crippen molar-refractivity contribution in [2.45, 2.75) is 12.8 Å². The normalized spacial score (nSPS) is 17.1. The first-order chi connectivity index (χ1) is 7.90. The van der Waals surface area contributed by atoms with Crippen molar-refractivity contribution in [1.29, 1.82) is 0 Å². The molecule has 1 saturated heterocycles. The number of ether oxygens (including phenoxy) is 1. The Morgan fingerprint density at radius 3 is 3.06 bits per heavy atom. The van der Waals surface area contributed by atoms with Gasteiger partial charge in [0, 0.05) is 12.7 Å². The minimum atomic E-state index is 0.677. The van der Waals surface area contributed by atoms with E-state index in [1.165, 1.54) is 12.8 Å². The lowest BCUT2D eigenvalue weighted by Crippen LogP contribution is -2.31. The maximum absolute atomic E-state index is 5.20. The lowest BCUT2D eigenvalue weighted by molar-refractivity contribution is 0.385. The maximum Gasteiger partial charge on any atom is 0.237 e. The van der Waals surface area contributed by atoms with Crippen LogP contribution in [0.4, 0.5) is 5.69 Å². The van der Waals surface area contributed by atoms with Crippen LogP contribution in [0.5, 0.6) is 5.88 Å². The van der Waals surface area contributed by atoms with Gasteiger partial charge in [-0.15, -0.1) is 0 Å². The highest BCUT2D eigenvalue weighted by Gasteiger charge is 2.13. The quantitative estimate of drug-likeness (QED) is 0.809. The zero-order valence-electron chi connectivity index (χ0n) is 9.70. The first-order valence-corrected chi connectivity index (χ1v) is 5.83. The molecule has 0 radical (unpaired) electrons. The number of methoxy groups -OCH3 is 1. The van der Waals surface area contributed by atoms with Gasteiger partial charge in [0.05, 0.1) is 12.8 Å². The maximum atomic E-state index is 5.20. The van der Waals surface area contributed by atoms with Gasteiger partial charge in [-0.25, -0.2) is 4.98 Å². The van der Waals surface area contributed by atoms with Crippen molar-refractivity contribution < 1.29 is 4.74 Å². The number of aromatic nitrogens is 1. The zero-order chi connectivity index (χ0) is 11.2. The van der Waals surface area contributed by atoms with Gasteiger partial charge < -0.3 is 15.4 Å². The van der Waals surface area contributed by atoms with Gasteiger partial charge in [-0.3, -0.25) is 0 Å². The zero-order valence-corrected chi connectivity index (χ0v) is 9.70. The summed E-state index contributed by atoms with van der Waals surface area (Å²) in [5, 5.41) is 6.79. The van der Waals surface area contributed by atoms with Gasteiger partial charge in [0.2, 0.25) is 5.88 Å². The van der Waals surface area contributed by atoms with Crippen molar-refractivity contribution in [3.63, 3.8) is 0 Å². The third kappa shape index (κ3) is 2.85. The fourth-order valence-electron chi connectivity index (χ4n) is 2.03. The lowest BCUT2D eigenvalue weighted by atomic mass is 9.98. The van der Waals surface area contributed by atoms with Crippen LogP contribution in [0, 0.1) is 5.92 Å². The highest BCUT2D eigenvalue weighted by atomic mass is 16.5. The third-order valence-corrected chi connectivity index (χ3v) is 3.00.